The van der Waals surface area contributed by atoms with Gasteiger partial charge in [0, 0.05) is 31.1 Å². The summed E-state index contributed by atoms with van der Waals surface area (Å²) < 4.78 is 5.29. The normalized spacial score (nSPS) is 13.3. The van der Waals surface area contributed by atoms with Crippen molar-refractivity contribution in [2.24, 2.45) is 0 Å². The smallest absolute Gasteiger partial charge is 0.349 e. The molecule has 1 aliphatic rings. The third-order valence-electron chi connectivity index (χ3n) is 4.74. The monoisotopic (exact) mass is 362 g/mol. The van der Waals surface area contributed by atoms with E-state index in [4.69, 9.17) is 4.42 Å². The Bertz CT molecular complexity index is 1120. The fourth-order valence-corrected chi connectivity index (χ4v) is 3.47. The van der Waals surface area contributed by atoms with Crippen molar-refractivity contribution in [3.05, 3.63) is 75.6 Å². The molecule has 2 heterocycles. The average molecular weight is 362 g/mol. The quantitative estimate of drug-likeness (QED) is 0.711. The number of amides is 2. The van der Waals surface area contributed by atoms with Gasteiger partial charge in [0.1, 0.15) is 11.1 Å². The molecule has 27 heavy (non-hydrogen) atoms. The first-order valence-corrected chi connectivity index (χ1v) is 8.73. The minimum absolute atomic E-state index is 0.0372. The number of hydrogen-bond acceptors (Lipinski definition) is 4. The van der Waals surface area contributed by atoms with E-state index in [0.717, 1.165) is 16.8 Å². The van der Waals surface area contributed by atoms with Crippen LogP contribution in [-0.2, 0) is 17.8 Å². The Hall–Kier alpha value is -3.41. The van der Waals surface area contributed by atoms with Gasteiger partial charge >= 0.3 is 5.63 Å². The van der Waals surface area contributed by atoms with Gasteiger partial charge in [0.25, 0.3) is 5.91 Å². The van der Waals surface area contributed by atoms with Crippen LogP contribution in [0.2, 0.25) is 0 Å². The van der Waals surface area contributed by atoms with Gasteiger partial charge in [0.2, 0.25) is 5.91 Å². The Morgan fingerprint density at radius 1 is 1.11 bits per heavy atom. The van der Waals surface area contributed by atoms with Crippen LogP contribution in [0.25, 0.3) is 11.0 Å². The van der Waals surface area contributed by atoms with E-state index in [1.165, 1.54) is 6.92 Å². The largest absolute Gasteiger partial charge is 0.422 e. The summed E-state index contributed by atoms with van der Waals surface area (Å²) >= 11 is 0. The molecule has 136 valence electrons. The van der Waals surface area contributed by atoms with Crippen molar-refractivity contribution >= 4 is 28.5 Å². The van der Waals surface area contributed by atoms with E-state index < -0.39 is 5.63 Å². The Kier molecular flexibility index (Phi) is 4.24. The van der Waals surface area contributed by atoms with Crippen molar-refractivity contribution in [2.45, 2.75) is 19.9 Å². The Labute approximate surface area is 155 Å². The van der Waals surface area contributed by atoms with Crippen LogP contribution >= 0.6 is 0 Å². The zero-order valence-corrected chi connectivity index (χ0v) is 14.8. The van der Waals surface area contributed by atoms with Gasteiger partial charge in [-0.05, 0) is 35.7 Å². The van der Waals surface area contributed by atoms with Crippen molar-refractivity contribution in [2.75, 3.05) is 11.9 Å². The van der Waals surface area contributed by atoms with Gasteiger partial charge in [0.15, 0.2) is 0 Å². The zero-order valence-electron chi connectivity index (χ0n) is 14.8. The van der Waals surface area contributed by atoms with E-state index in [0.29, 0.717) is 30.5 Å². The fraction of sp³-hybridized carbons (Fsp3) is 0.190. The lowest BCUT2D eigenvalue weighted by atomic mass is 9.97. The predicted octanol–water partition coefficient (Wildman–Crippen LogP) is 2.95. The molecule has 0 unspecified atom stereocenters. The standard InChI is InChI=1S/C21H18N2O4/c1-13(24)22-18-7-4-6-15-12-23(10-9-16(15)18)20(25)17-11-14-5-2-3-8-19(14)27-21(17)26/h2-8,11H,9-10,12H2,1H3,(H,22,24). The Morgan fingerprint density at radius 3 is 2.74 bits per heavy atom. The Balaban J connectivity index is 1.64. The molecule has 0 spiro atoms. The number of anilines is 1. The van der Waals surface area contributed by atoms with Crippen LogP contribution in [0.15, 0.2) is 57.7 Å². The molecule has 0 saturated heterocycles. The number of nitrogens with one attached hydrogen (secondary N) is 1. The molecule has 1 N–H and O–H groups in total. The van der Waals surface area contributed by atoms with Crippen LogP contribution in [0.4, 0.5) is 5.69 Å². The molecule has 2 aromatic carbocycles. The molecule has 0 bridgehead atoms. The number of rotatable bonds is 2. The molecule has 0 aliphatic carbocycles. The third-order valence-corrected chi connectivity index (χ3v) is 4.74. The summed E-state index contributed by atoms with van der Waals surface area (Å²) in [6.45, 7) is 2.32. The molecular formula is C21H18N2O4. The van der Waals surface area contributed by atoms with E-state index >= 15 is 0 Å². The maximum absolute atomic E-state index is 12.9. The van der Waals surface area contributed by atoms with Crippen LogP contribution < -0.4 is 10.9 Å². The molecule has 2 amide bonds. The number of carbonyl (C=O) groups excluding carboxylic acids is 2. The van der Waals surface area contributed by atoms with Gasteiger partial charge in [0.05, 0.1) is 0 Å². The summed E-state index contributed by atoms with van der Waals surface area (Å²) in [5.74, 6) is -0.472. The van der Waals surface area contributed by atoms with Crippen LogP contribution in [-0.4, -0.2) is 23.3 Å². The first kappa shape index (κ1) is 17.0. The minimum atomic E-state index is -0.628. The highest BCUT2D eigenvalue weighted by molar-refractivity contribution is 5.97. The highest BCUT2D eigenvalue weighted by atomic mass is 16.4. The van der Waals surface area contributed by atoms with Crippen LogP contribution in [0, 0.1) is 0 Å². The lowest BCUT2D eigenvalue weighted by Gasteiger charge is -2.30. The van der Waals surface area contributed by atoms with E-state index in [1.54, 1.807) is 29.2 Å². The number of carbonyl (C=O) groups is 2. The molecule has 0 radical (unpaired) electrons. The predicted molar refractivity (Wildman–Crippen MR) is 102 cm³/mol. The van der Waals surface area contributed by atoms with E-state index in [-0.39, 0.29) is 17.4 Å². The van der Waals surface area contributed by atoms with Gasteiger partial charge in [-0.3, -0.25) is 9.59 Å². The summed E-state index contributed by atoms with van der Waals surface area (Å²) in [7, 11) is 0. The van der Waals surface area contributed by atoms with Gasteiger partial charge in [-0.25, -0.2) is 4.79 Å². The third kappa shape index (κ3) is 3.21. The van der Waals surface area contributed by atoms with Crippen molar-refractivity contribution in [1.82, 2.24) is 4.90 Å². The molecular weight excluding hydrogens is 344 g/mol. The van der Waals surface area contributed by atoms with Gasteiger partial charge in [-0.15, -0.1) is 0 Å². The summed E-state index contributed by atoms with van der Waals surface area (Å²) in [6.07, 6.45) is 0.608. The molecule has 0 fully saturated rings. The van der Waals surface area contributed by atoms with Gasteiger partial charge in [-0.1, -0.05) is 30.3 Å². The molecule has 6 nitrogen and oxygen atoms in total. The molecule has 0 atom stereocenters. The topological polar surface area (TPSA) is 79.6 Å². The molecule has 0 saturated carbocycles. The molecule has 4 rings (SSSR count). The van der Waals surface area contributed by atoms with Gasteiger partial charge in [-0.2, -0.15) is 0 Å². The number of hydrogen-bond donors (Lipinski definition) is 1. The van der Waals surface area contributed by atoms with E-state index in [2.05, 4.69) is 5.32 Å². The van der Waals surface area contributed by atoms with Crippen LogP contribution in [0.5, 0.6) is 0 Å². The van der Waals surface area contributed by atoms with E-state index in [1.807, 2.05) is 24.3 Å². The van der Waals surface area contributed by atoms with Crippen molar-refractivity contribution in [1.29, 1.82) is 0 Å². The van der Waals surface area contributed by atoms with Crippen LogP contribution in [0.1, 0.15) is 28.4 Å². The summed E-state index contributed by atoms with van der Waals surface area (Å²) in [5.41, 5.74) is 2.64. The maximum Gasteiger partial charge on any atom is 0.349 e. The number of benzene rings is 2. The molecule has 6 heteroatoms. The maximum atomic E-state index is 12.9. The molecule has 1 aliphatic heterocycles. The summed E-state index contributed by atoms with van der Waals surface area (Å²) in [5, 5.41) is 3.54. The van der Waals surface area contributed by atoms with Crippen molar-refractivity contribution in [3.8, 4) is 0 Å². The highest BCUT2D eigenvalue weighted by Gasteiger charge is 2.26. The first-order chi connectivity index (χ1) is 13.0. The second kappa shape index (κ2) is 6.72. The minimum Gasteiger partial charge on any atom is -0.422 e. The Morgan fingerprint density at radius 2 is 1.93 bits per heavy atom. The van der Waals surface area contributed by atoms with Gasteiger partial charge < -0.3 is 14.6 Å². The summed E-state index contributed by atoms with van der Waals surface area (Å²) in [6, 6.07) is 14.3. The SMILES string of the molecule is CC(=O)Nc1cccc2c1CCN(C(=O)c1cc3ccccc3oc1=O)C2. The average Bonchev–Trinajstić information content (AvgIpc) is 2.66. The van der Waals surface area contributed by atoms with E-state index in [9.17, 15) is 14.4 Å². The second-order valence-corrected chi connectivity index (χ2v) is 6.59. The number of para-hydroxylation sites is 1. The number of fused-ring (bicyclic) bond motifs is 2. The second-order valence-electron chi connectivity index (χ2n) is 6.59. The van der Waals surface area contributed by atoms with Crippen LogP contribution in [0.3, 0.4) is 0 Å². The number of nitrogens with zero attached hydrogens (tertiary/aromatic N) is 1. The lowest BCUT2D eigenvalue weighted by molar-refractivity contribution is -0.114. The van der Waals surface area contributed by atoms with Crippen molar-refractivity contribution < 1.29 is 14.0 Å². The summed E-state index contributed by atoms with van der Waals surface area (Å²) in [4.78, 5) is 38.2. The lowest BCUT2D eigenvalue weighted by Crippen LogP contribution is -2.38. The zero-order chi connectivity index (χ0) is 19.0. The molecule has 1 aromatic heterocycles. The fourth-order valence-electron chi connectivity index (χ4n) is 3.47. The first-order valence-electron chi connectivity index (χ1n) is 8.73. The van der Waals surface area contributed by atoms with Crippen molar-refractivity contribution in [3.63, 3.8) is 0 Å². The highest BCUT2D eigenvalue weighted by Crippen LogP contribution is 2.27. The molecule has 3 aromatic rings.